The molecular formula is C3H9Ir-. The normalized spacial score (nSPS) is 1.50. The van der Waals surface area contributed by atoms with Crippen LogP contribution in [0, 0.1) is 7.43 Å². The SMILES string of the molecule is CC.[CH3-].[Ir]. The summed E-state index contributed by atoms with van der Waals surface area (Å²) in [6.45, 7) is 4.00. The summed E-state index contributed by atoms with van der Waals surface area (Å²) in [6.07, 6.45) is 0. The Hall–Kier alpha value is 0.649. The van der Waals surface area contributed by atoms with Gasteiger partial charge < -0.3 is 7.43 Å². The molecule has 0 unspecified atom stereocenters. The molecule has 0 nitrogen and oxygen atoms in total. The van der Waals surface area contributed by atoms with Crippen molar-refractivity contribution >= 4 is 0 Å². The Morgan fingerprint density at radius 1 is 1.00 bits per heavy atom. The molecule has 31 valence electrons. The molecule has 0 saturated heterocycles. The van der Waals surface area contributed by atoms with E-state index in [1.165, 1.54) is 0 Å². The Kier molecular flexibility index (Phi) is 346. The summed E-state index contributed by atoms with van der Waals surface area (Å²) in [5, 5.41) is 0. The Morgan fingerprint density at radius 2 is 1.00 bits per heavy atom. The minimum absolute atomic E-state index is 0. The number of hydrogen-bond acceptors (Lipinski definition) is 0. The molecule has 0 aliphatic rings. The first kappa shape index (κ1) is 22.8. The molecular weight excluding hydrogens is 228 g/mol. The third kappa shape index (κ3) is 17.1. The third-order valence-corrected chi connectivity index (χ3v) is 0. The van der Waals surface area contributed by atoms with Gasteiger partial charge in [-0.25, -0.2) is 0 Å². The molecule has 0 aliphatic heterocycles. The maximum absolute atomic E-state index is 2.00. The van der Waals surface area contributed by atoms with Crippen molar-refractivity contribution in [2.45, 2.75) is 13.8 Å². The van der Waals surface area contributed by atoms with Crippen molar-refractivity contribution in [2.75, 3.05) is 0 Å². The van der Waals surface area contributed by atoms with Crippen LogP contribution >= 0.6 is 0 Å². The molecule has 0 fully saturated rings. The van der Waals surface area contributed by atoms with Crippen LogP contribution in [0.3, 0.4) is 0 Å². The van der Waals surface area contributed by atoms with Gasteiger partial charge in [-0.1, -0.05) is 13.8 Å². The summed E-state index contributed by atoms with van der Waals surface area (Å²) in [6, 6.07) is 0. The van der Waals surface area contributed by atoms with Crippen molar-refractivity contribution < 1.29 is 20.1 Å². The first-order chi connectivity index (χ1) is 1.00. The van der Waals surface area contributed by atoms with Crippen molar-refractivity contribution in [2.24, 2.45) is 0 Å². The van der Waals surface area contributed by atoms with Gasteiger partial charge in [0.1, 0.15) is 0 Å². The van der Waals surface area contributed by atoms with E-state index in [1.807, 2.05) is 13.8 Å². The van der Waals surface area contributed by atoms with Crippen LogP contribution in [0.25, 0.3) is 0 Å². The molecule has 0 atom stereocenters. The maximum Gasteiger partial charge on any atom is 0 e. The van der Waals surface area contributed by atoms with Gasteiger partial charge in [0.25, 0.3) is 0 Å². The minimum Gasteiger partial charge on any atom is -0.358 e. The topological polar surface area (TPSA) is 0 Å². The van der Waals surface area contributed by atoms with E-state index in [0.717, 1.165) is 0 Å². The van der Waals surface area contributed by atoms with Gasteiger partial charge in [-0.3, -0.25) is 0 Å². The quantitative estimate of drug-likeness (QED) is 0.560. The van der Waals surface area contributed by atoms with Crippen LogP contribution in [0.1, 0.15) is 13.8 Å². The van der Waals surface area contributed by atoms with E-state index in [0.29, 0.717) is 0 Å². The number of rotatable bonds is 0. The Balaban J connectivity index is -0.00000000500. The predicted octanol–water partition coefficient (Wildman–Crippen LogP) is 1.47. The molecule has 1 heteroatoms. The fraction of sp³-hybridized carbons (Fsp3) is 0.667. The zero-order chi connectivity index (χ0) is 2.00. The standard InChI is InChI=1S/C2H6.CH3.Ir/c1-2;;/h1-2H3;1H3;/q;-1;. The van der Waals surface area contributed by atoms with Crippen molar-refractivity contribution in [3.63, 3.8) is 0 Å². The van der Waals surface area contributed by atoms with Gasteiger partial charge in [0.2, 0.25) is 0 Å². The minimum atomic E-state index is 0. The van der Waals surface area contributed by atoms with E-state index in [4.69, 9.17) is 0 Å². The van der Waals surface area contributed by atoms with E-state index >= 15 is 0 Å². The molecule has 0 aliphatic carbocycles. The van der Waals surface area contributed by atoms with Crippen molar-refractivity contribution in [1.82, 2.24) is 0 Å². The molecule has 0 saturated carbocycles. The third-order valence-electron chi connectivity index (χ3n) is 0. The maximum atomic E-state index is 2.00. The van der Waals surface area contributed by atoms with Crippen LogP contribution in [0.15, 0.2) is 0 Å². The van der Waals surface area contributed by atoms with E-state index < -0.39 is 0 Å². The summed E-state index contributed by atoms with van der Waals surface area (Å²) < 4.78 is 0. The van der Waals surface area contributed by atoms with E-state index in [-0.39, 0.29) is 27.5 Å². The summed E-state index contributed by atoms with van der Waals surface area (Å²) in [7, 11) is 0. The molecule has 0 bridgehead atoms. The van der Waals surface area contributed by atoms with E-state index in [1.54, 1.807) is 0 Å². The van der Waals surface area contributed by atoms with Gasteiger partial charge in [-0.05, 0) is 0 Å². The summed E-state index contributed by atoms with van der Waals surface area (Å²) in [5.41, 5.74) is 0. The summed E-state index contributed by atoms with van der Waals surface area (Å²) >= 11 is 0. The van der Waals surface area contributed by atoms with Gasteiger partial charge >= 0.3 is 0 Å². The molecule has 0 amide bonds. The number of hydrogen-bond donors (Lipinski definition) is 0. The molecule has 0 aromatic carbocycles. The van der Waals surface area contributed by atoms with E-state index in [2.05, 4.69) is 0 Å². The fourth-order valence-electron chi connectivity index (χ4n) is 0. The molecule has 1 radical (unpaired) electrons. The second kappa shape index (κ2) is 60.7. The smallest absolute Gasteiger partial charge is 0 e. The Bertz CT molecular complexity index is 3.25. The van der Waals surface area contributed by atoms with Gasteiger partial charge in [-0.15, -0.1) is 0 Å². The monoisotopic (exact) mass is 238 g/mol. The van der Waals surface area contributed by atoms with Gasteiger partial charge in [0, 0.05) is 20.1 Å². The molecule has 4 heavy (non-hydrogen) atoms. The fourth-order valence-corrected chi connectivity index (χ4v) is 0. The van der Waals surface area contributed by atoms with Crippen molar-refractivity contribution in [1.29, 1.82) is 0 Å². The van der Waals surface area contributed by atoms with Crippen LogP contribution in [-0.2, 0) is 20.1 Å². The van der Waals surface area contributed by atoms with Gasteiger partial charge in [0.05, 0.1) is 0 Å². The molecule has 0 heterocycles. The average Bonchev–Trinajstić information content (AvgIpc) is 1.00. The first-order valence-corrected chi connectivity index (χ1v) is 1.00. The van der Waals surface area contributed by atoms with Crippen LogP contribution in [0.2, 0.25) is 0 Å². The second-order valence-corrected chi connectivity index (χ2v) is 0. The predicted molar refractivity (Wildman–Crippen MR) is 17.8 cm³/mol. The van der Waals surface area contributed by atoms with Crippen LogP contribution in [0.4, 0.5) is 0 Å². The average molecular weight is 237 g/mol. The Labute approximate surface area is 42.0 Å². The van der Waals surface area contributed by atoms with Crippen LogP contribution in [0.5, 0.6) is 0 Å². The zero-order valence-electron chi connectivity index (χ0n) is 3.33. The van der Waals surface area contributed by atoms with E-state index in [9.17, 15) is 0 Å². The van der Waals surface area contributed by atoms with Crippen molar-refractivity contribution in [3.8, 4) is 0 Å². The van der Waals surface area contributed by atoms with Crippen LogP contribution in [-0.4, -0.2) is 0 Å². The van der Waals surface area contributed by atoms with Crippen LogP contribution < -0.4 is 0 Å². The van der Waals surface area contributed by atoms with Gasteiger partial charge in [0.15, 0.2) is 0 Å². The Morgan fingerprint density at radius 3 is 1.00 bits per heavy atom. The molecule has 0 rings (SSSR count). The molecule has 0 aromatic heterocycles. The summed E-state index contributed by atoms with van der Waals surface area (Å²) in [5.74, 6) is 0. The molecule has 0 spiro atoms. The first-order valence-electron chi connectivity index (χ1n) is 1.00. The van der Waals surface area contributed by atoms with Crippen molar-refractivity contribution in [3.05, 3.63) is 7.43 Å². The largest absolute Gasteiger partial charge is 0.358 e. The molecule has 0 aromatic rings. The summed E-state index contributed by atoms with van der Waals surface area (Å²) in [4.78, 5) is 0. The zero-order valence-corrected chi connectivity index (χ0v) is 5.73. The van der Waals surface area contributed by atoms with Gasteiger partial charge in [-0.2, -0.15) is 0 Å². The second-order valence-electron chi connectivity index (χ2n) is 0. The molecule has 0 N–H and O–H groups in total.